The second-order valence-electron chi connectivity index (χ2n) is 2.30. The van der Waals surface area contributed by atoms with Gasteiger partial charge in [-0.05, 0) is 13.8 Å². The molecule has 0 spiro atoms. The third-order valence-corrected chi connectivity index (χ3v) is 0.661. The van der Waals surface area contributed by atoms with Gasteiger partial charge in [-0.1, -0.05) is 12.7 Å². The lowest BCUT2D eigenvalue weighted by atomic mass is 10.5. The van der Waals surface area contributed by atoms with Crippen LogP contribution in [0.5, 0.6) is 0 Å². The van der Waals surface area contributed by atoms with Crippen molar-refractivity contribution in [3.8, 4) is 0 Å². The summed E-state index contributed by atoms with van der Waals surface area (Å²) < 4.78 is 8.16. The summed E-state index contributed by atoms with van der Waals surface area (Å²) in [5, 5.41) is 15.6. The van der Waals surface area contributed by atoms with Crippen molar-refractivity contribution in [2.45, 2.75) is 20.0 Å². The molecule has 0 atom stereocenters. The molecular weight excluding hydrogens is 192 g/mol. The van der Waals surface area contributed by atoms with Gasteiger partial charge in [0.05, 0.1) is 6.10 Å². The number of hydrogen-bond acceptors (Lipinski definition) is 4. The minimum absolute atomic E-state index is 0.0648. The summed E-state index contributed by atoms with van der Waals surface area (Å²) in [6.45, 7) is 6.63. The van der Waals surface area contributed by atoms with E-state index in [9.17, 15) is 9.59 Å². The molecule has 0 unspecified atom stereocenters. The Morgan fingerprint density at radius 1 is 1.36 bits per heavy atom. The van der Waals surface area contributed by atoms with E-state index in [1.54, 1.807) is 13.8 Å². The van der Waals surface area contributed by atoms with Crippen LogP contribution in [-0.2, 0) is 9.47 Å². The van der Waals surface area contributed by atoms with E-state index in [1.165, 1.54) is 6.08 Å². The van der Waals surface area contributed by atoms with Gasteiger partial charge < -0.3 is 19.7 Å². The number of ether oxygens (including phenoxy) is 2. The Morgan fingerprint density at radius 3 is 1.93 bits per heavy atom. The quantitative estimate of drug-likeness (QED) is 0.541. The predicted octanol–water partition coefficient (Wildman–Crippen LogP) is 1.96. The highest BCUT2D eigenvalue weighted by molar-refractivity contribution is 5.57. The van der Waals surface area contributed by atoms with Gasteiger partial charge in [0, 0.05) is 0 Å². The largest absolute Gasteiger partial charge is 0.506 e. The molecule has 0 fully saturated rings. The SMILES string of the molecule is C=CCOC(=O)O.CC(C)OC(=O)O. The summed E-state index contributed by atoms with van der Waals surface area (Å²) in [4.78, 5) is 19.1. The Balaban J connectivity index is 0. The van der Waals surface area contributed by atoms with Gasteiger partial charge in [-0.3, -0.25) is 0 Å². The monoisotopic (exact) mass is 206 g/mol. The first kappa shape index (κ1) is 14.8. The van der Waals surface area contributed by atoms with Crippen molar-refractivity contribution in [3.05, 3.63) is 12.7 Å². The van der Waals surface area contributed by atoms with Crippen LogP contribution in [0, 0.1) is 0 Å². The van der Waals surface area contributed by atoms with E-state index < -0.39 is 12.3 Å². The molecule has 0 amide bonds. The molecule has 82 valence electrons. The number of carbonyl (C=O) groups is 2. The van der Waals surface area contributed by atoms with Crippen LogP contribution in [0.1, 0.15) is 13.8 Å². The maximum absolute atomic E-state index is 9.59. The van der Waals surface area contributed by atoms with Crippen molar-refractivity contribution >= 4 is 12.3 Å². The zero-order chi connectivity index (χ0) is 11.6. The normalized spacial score (nSPS) is 8.21. The van der Waals surface area contributed by atoms with E-state index >= 15 is 0 Å². The highest BCUT2D eigenvalue weighted by Crippen LogP contribution is 1.85. The molecule has 0 saturated heterocycles. The van der Waals surface area contributed by atoms with E-state index in [4.69, 9.17) is 10.2 Å². The molecule has 0 aliphatic rings. The number of hydrogen-bond donors (Lipinski definition) is 2. The third kappa shape index (κ3) is 22.4. The number of carboxylic acid groups (broad SMARTS) is 2. The minimum atomic E-state index is -1.26. The van der Waals surface area contributed by atoms with Crippen LogP contribution in [0.25, 0.3) is 0 Å². The molecule has 0 heterocycles. The van der Waals surface area contributed by atoms with Crippen LogP contribution in [0.3, 0.4) is 0 Å². The second-order valence-corrected chi connectivity index (χ2v) is 2.30. The number of rotatable bonds is 3. The maximum atomic E-state index is 9.59. The summed E-state index contributed by atoms with van der Waals surface area (Å²) in [7, 11) is 0. The fraction of sp³-hybridized carbons (Fsp3) is 0.500. The molecule has 0 bridgehead atoms. The third-order valence-electron chi connectivity index (χ3n) is 0.661. The second kappa shape index (κ2) is 9.37. The Kier molecular flexibility index (Phi) is 9.89. The summed E-state index contributed by atoms with van der Waals surface area (Å²) in [6.07, 6.45) is -1.33. The summed E-state index contributed by atoms with van der Waals surface area (Å²) >= 11 is 0. The average molecular weight is 206 g/mol. The zero-order valence-electron chi connectivity index (χ0n) is 8.10. The van der Waals surface area contributed by atoms with E-state index in [0.717, 1.165) is 0 Å². The summed E-state index contributed by atoms with van der Waals surface area (Å²) in [5.74, 6) is 0. The molecule has 0 rings (SSSR count). The van der Waals surface area contributed by atoms with Crippen molar-refractivity contribution in [2.75, 3.05) is 6.61 Å². The van der Waals surface area contributed by atoms with E-state index in [-0.39, 0.29) is 12.7 Å². The average Bonchev–Trinajstić information content (AvgIpc) is 1.99. The molecule has 6 nitrogen and oxygen atoms in total. The van der Waals surface area contributed by atoms with Gasteiger partial charge in [-0.2, -0.15) is 0 Å². The fourth-order valence-electron chi connectivity index (χ4n) is 0.332. The molecule has 0 aromatic heterocycles. The Labute approximate surface area is 81.7 Å². The van der Waals surface area contributed by atoms with Gasteiger partial charge in [-0.15, -0.1) is 0 Å². The van der Waals surface area contributed by atoms with E-state index in [2.05, 4.69) is 16.1 Å². The molecule has 2 N–H and O–H groups in total. The Bertz CT molecular complexity index is 186. The van der Waals surface area contributed by atoms with Crippen LogP contribution in [0.2, 0.25) is 0 Å². The van der Waals surface area contributed by atoms with Gasteiger partial charge in [0.2, 0.25) is 0 Å². The standard InChI is InChI=1S/C4H8O3.C4H6O3/c1-3(2)7-4(5)6;1-2-3-7-4(5)6/h3H,1-2H3,(H,5,6);2H,1,3H2,(H,5,6). The van der Waals surface area contributed by atoms with Crippen LogP contribution in [0.4, 0.5) is 9.59 Å². The predicted molar refractivity (Wildman–Crippen MR) is 48.4 cm³/mol. The van der Waals surface area contributed by atoms with Crippen molar-refractivity contribution in [2.24, 2.45) is 0 Å². The molecule has 14 heavy (non-hydrogen) atoms. The minimum Gasteiger partial charge on any atom is -0.450 e. The first-order valence-electron chi connectivity index (χ1n) is 3.76. The van der Waals surface area contributed by atoms with Gasteiger partial charge in [0.15, 0.2) is 0 Å². The highest BCUT2D eigenvalue weighted by Gasteiger charge is 1.97. The first-order valence-corrected chi connectivity index (χ1v) is 3.76. The van der Waals surface area contributed by atoms with Gasteiger partial charge in [0.25, 0.3) is 0 Å². The lowest BCUT2D eigenvalue weighted by Gasteiger charge is -1.99. The van der Waals surface area contributed by atoms with E-state index in [1.807, 2.05) is 0 Å². The molecule has 0 aliphatic heterocycles. The summed E-state index contributed by atoms with van der Waals surface area (Å²) in [5.41, 5.74) is 0. The van der Waals surface area contributed by atoms with Crippen molar-refractivity contribution < 1.29 is 29.3 Å². The molecule has 0 radical (unpaired) electrons. The van der Waals surface area contributed by atoms with Gasteiger partial charge >= 0.3 is 12.3 Å². The molecule has 0 saturated carbocycles. The Hall–Kier alpha value is -1.72. The Morgan fingerprint density at radius 2 is 1.86 bits per heavy atom. The molecule has 0 aliphatic carbocycles. The van der Waals surface area contributed by atoms with Crippen LogP contribution in [-0.4, -0.2) is 35.2 Å². The summed E-state index contributed by atoms with van der Waals surface area (Å²) in [6, 6.07) is 0. The van der Waals surface area contributed by atoms with Crippen molar-refractivity contribution in [3.63, 3.8) is 0 Å². The smallest absolute Gasteiger partial charge is 0.450 e. The lowest BCUT2D eigenvalue weighted by Crippen LogP contribution is -2.07. The highest BCUT2D eigenvalue weighted by atomic mass is 16.7. The molecule has 6 heteroatoms. The molecular formula is C8H14O6. The van der Waals surface area contributed by atoms with Crippen LogP contribution >= 0.6 is 0 Å². The maximum Gasteiger partial charge on any atom is 0.506 e. The van der Waals surface area contributed by atoms with Gasteiger partial charge in [0.1, 0.15) is 6.61 Å². The van der Waals surface area contributed by atoms with Crippen LogP contribution < -0.4 is 0 Å². The van der Waals surface area contributed by atoms with E-state index in [0.29, 0.717) is 0 Å². The van der Waals surface area contributed by atoms with Gasteiger partial charge in [-0.25, -0.2) is 9.59 Å². The van der Waals surface area contributed by atoms with Crippen LogP contribution in [0.15, 0.2) is 12.7 Å². The van der Waals surface area contributed by atoms with Crippen molar-refractivity contribution in [1.29, 1.82) is 0 Å². The zero-order valence-corrected chi connectivity index (χ0v) is 8.10. The molecule has 0 aromatic carbocycles. The lowest BCUT2D eigenvalue weighted by molar-refractivity contribution is 0.0659. The fourth-order valence-corrected chi connectivity index (χ4v) is 0.332. The molecule has 0 aromatic rings. The van der Waals surface area contributed by atoms with Crippen molar-refractivity contribution in [1.82, 2.24) is 0 Å². The topological polar surface area (TPSA) is 93.1 Å². The first-order chi connectivity index (χ1) is 6.40.